The fraction of sp³-hybridized carbons (Fsp3) is 0.385. The van der Waals surface area contributed by atoms with Crippen molar-refractivity contribution in [3.05, 3.63) is 18.2 Å². The first-order valence-corrected chi connectivity index (χ1v) is 6.87. The van der Waals surface area contributed by atoms with Crippen LogP contribution in [-0.4, -0.2) is 17.7 Å². The van der Waals surface area contributed by atoms with Gasteiger partial charge in [-0.25, -0.2) is 4.99 Å². The van der Waals surface area contributed by atoms with Crippen LogP contribution in [0.4, 0.5) is 11.4 Å². The van der Waals surface area contributed by atoms with E-state index in [9.17, 15) is 4.79 Å². The van der Waals surface area contributed by atoms with Crippen LogP contribution in [0.15, 0.2) is 28.1 Å². The number of anilines is 1. The van der Waals surface area contributed by atoms with Crippen LogP contribution >= 0.6 is 11.9 Å². The smallest absolute Gasteiger partial charge is 0.198 e. The molecule has 0 aliphatic carbocycles. The molecule has 96 valence electrons. The third-order valence-electron chi connectivity index (χ3n) is 2.49. The van der Waals surface area contributed by atoms with Crippen molar-refractivity contribution in [1.82, 2.24) is 4.72 Å². The fourth-order valence-electron chi connectivity index (χ4n) is 1.65. The van der Waals surface area contributed by atoms with Crippen LogP contribution in [0.25, 0.3) is 0 Å². The molecule has 18 heavy (non-hydrogen) atoms. The standard InChI is InChI=1S/C13H17N3OS/c1-4-11(17)13-15-10-7-9(14-8(2)3)5-6-12(10)18-16-13/h5-8,14H,4H2,1-3H3,(H,15,16). The molecular formula is C13H17N3OS. The summed E-state index contributed by atoms with van der Waals surface area (Å²) in [6, 6.07) is 6.38. The molecule has 2 N–H and O–H groups in total. The van der Waals surface area contributed by atoms with Crippen molar-refractivity contribution in [2.45, 2.75) is 38.1 Å². The van der Waals surface area contributed by atoms with E-state index in [1.807, 2.05) is 25.1 Å². The van der Waals surface area contributed by atoms with E-state index in [2.05, 4.69) is 28.9 Å². The Hall–Kier alpha value is -1.49. The number of benzene rings is 1. The molecule has 0 unspecified atom stereocenters. The lowest BCUT2D eigenvalue weighted by Crippen LogP contribution is -2.27. The van der Waals surface area contributed by atoms with Gasteiger partial charge in [0.2, 0.25) is 0 Å². The topological polar surface area (TPSA) is 53.5 Å². The Bertz CT molecular complexity index is 497. The second-order valence-corrected chi connectivity index (χ2v) is 5.27. The Morgan fingerprint density at radius 1 is 1.50 bits per heavy atom. The highest BCUT2D eigenvalue weighted by atomic mass is 32.2. The van der Waals surface area contributed by atoms with Gasteiger partial charge in [0, 0.05) is 18.2 Å². The third kappa shape index (κ3) is 2.85. The molecule has 1 aromatic rings. The van der Waals surface area contributed by atoms with Gasteiger partial charge in [-0.1, -0.05) is 6.92 Å². The first-order chi connectivity index (χ1) is 8.60. The zero-order valence-corrected chi connectivity index (χ0v) is 11.6. The average Bonchev–Trinajstić information content (AvgIpc) is 2.36. The lowest BCUT2D eigenvalue weighted by Gasteiger charge is -2.17. The van der Waals surface area contributed by atoms with Gasteiger partial charge < -0.3 is 10.0 Å². The number of hydrogen-bond acceptors (Lipinski definition) is 5. The summed E-state index contributed by atoms with van der Waals surface area (Å²) in [4.78, 5) is 17.0. The summed E-state index contributed by atoms with van der Waals surface area (Å²) in [6.45, 7) is 6.01. The van der Waals surface area contributed by atoms with Gasteiger partial charge in [0.05, 0.1) is 10.6 Å². The van der Waals surface area contributed by atoms with Crippen LogP contribution < -0.4 is 10.0 Å². The summed E-state index contributed by atoms with van der Waals surface area (Å²) in [6.07, 6.45) is 0.464. The molecule has 5 heteroatoms. The molecule has 0 saturated heterocycles. The number of amidine groups is 1. The highest BCUT2D eigenvalue weighted by Gasteiger charge is 2.17. The number of carbonyl (C=O) groups excluding carboxylic acids is 1. The Morgan fingerprint density at radius 2 is 2.28 bits per heavy atom. The molecule has 0 saturated carbocycles. The number of hydrogen-bond donors (Lipinski definition) is 2. The predicted octanol–water partition coefficient (Wildman–Crippen LogP) is 3.13. The number of aliphatic imine (C=N–C) groups is 1. The third-order valence-corrected chi connectivity index (χ3v) is 3.35. The van der Waals surface area contributed by atoms with E-state index in [0.717, 1.165) is 16.3 Å². The van der Waals surface area contributed by atoms with Crippen LogP contribution in [-0.2, 0) is 4.79 Å². The van der Waals surface area contributed by atoms with Gasteiger partial charge in [0.25, 0.3) is 0 Å². The lowest BCUT2D eigenvalue weighted by atomic mass is 10.2. The molecule has 0 aromatic heterocycles. The highest BCUT2D eigenvalue weighted by molar-refractivity contribution is 7.98. The summed E-state index contributed by atoms with van der Waals surface area (Å²) >= 11 is 1.44. The number of fused-ring (bicyclic) bond motifs is 1. The van der Waals surface area contributed by atoms with Gasteiger partial charge in [-0.15, -0.1) is 0 Å². The number of Topliss-reactive ketones (excluding diaryl/α,β-unsaturated/α-hetero) is 1. The molecule has 0 amide bonds. The lowest BCUT2D eigenvalue weighted by molar-refractivity contribution is -0.112. The molecule has 1 aliphatic heterocycles. The van der Waals surface area contributed by atoms with E-state index in [0.29, 0.717) is 18.3 Å². The van der Waals surface area contributed by atoms with Crippen LogP contribution in [0.5, 0.6) is 0 Å². The number of carbonyl (C=O) groups is 1. The van der Waals surface area contributed by atoms with E-state index in [1.54, 1.807) is 0 Å². The molecule has 4 nitrogen and oxygen atoms in total. The molecule has 1 heterocycles. The summed E-state index contributed by atoms with van der Waals surface area (Å²) < 4.78 is 2.98. The Labute approximate surface area is 111 Å². The average molecular weight is 263 g/mol. The van der Waals surface area contributed by atoms with Crippen LogP contribution in [0.3, 0.4) is 0 Å². The van der Waals surface area contributed by atoms with Crippen LogP contribution in [0, 0.1) is 0 Å². The van der Waals surface area contributed by atoms with E-state index in [-0.39, 0.29) is 5.78 Å². The summed E-state index contributed by atoms with van der Waals surface area (Å²) in [7, 11) is 0. The maximum absolute atomic E-state index is 11.6. The number of nitrogens with zero attached hydrogens (tertiary/aromatic N) is 1. The zero-order chi connectivity index (χ0) is 13.1. The van der Waals surface area contributed by atoms with Gasteiger partial charge in [-0.3, -0.25) is 4.79 Å². The van der Waals surface area contributed by atoms with E-state index < -0.39 is 0 Å². The van der Waals surface area contributed by atoms with Crippen LogP contribution in [0.1, 0.15) is 27.2 Å². The van der Waals surface area contributed by atoms with Gasteiger partial charge in [0.1, 0.15) is 0 Å². The molecule has 1 aromatic carbocycles. The van der Waals surface area contributed by atoms with Crippen molar-refractivity contribution in [3.8, 4) is 0 Å². The first kappa shape index (κ1) is 13.0. The van der Waals surface area contributed by atoms with Gasteiger partial charge in [-0.2, -0.15) is 0 Å². The molecule has 0 radical (unpaired) electrons. The van der Waals surface area contributed by atoms with Crippen LogP contribution in [0.2, 0.25) is 0 Å². The highest BCUT2D eigenvalue weighted by Crippen LogP contribution is 2.34. The Morgan fingerprint density at radius 3 is 2.94 bits per heavy atom. The normalized spacial score (nSPS) is 13.7. The Kier molecular flexibility index (Phi) is 3.91. The first-order valence-electron chi connectivity index (χ1n) is 6.05. The summed E-state index contributed by atoms with van der Waals surface area (Å²) in [5, 5.41) is 3.33. The molecule has 1 aliphatic rings. The molecular weight excluding hydrogens is 246 g/mol. The van der Waals surface area contributed by atoms with Crippen molar-refractivity contribution in [1.29, 1.82) is 0 Å². The molecule has 2 rings (SSSR count). The van der Waals surface area contributed by atoms with Gasteiger partial charge in [-0.05, 0) is 44.0 Å². The van der Waals surface area contributed by atoms with Crippen molar-refractivity contribution < 1.29 is 4.79 Å². The maximum atomic E-state index is 11.6. The molecule has 0 atom stereocenters. The molecule has 0 spiro atoms. The zero-order valence-electron chi connectivity index (χ0n) is 10.8. The molecule has 0 fully saturated rings. The molecule has 0 bridgehead atoms. The number of nitrogens with one attached hydrogen (secondary N) is 2. The predicted molar refractivity (Wildman–Crippen MR) is 76.6 cm³/mol. The number of ketones is 1. The van der Waals surface area contributed by atoms with Gasteiger partial charge >= 0.3 is 0 Å². The second-order valence-electron chi connectivity index (χ2n) is 4.42. The van der Waals surface area contributed by atoms with E-state index >= 15 is 0 Å². The van der Waals surface area contributed by atoms with Gasteiger partial charge in [0.15, 0.2) is 11.6 Å². The van der Waals surface area contributed by atoms with E-state index in [4.69, 9.17) is 0 Å². The second kappa shape index (κ2) is 5.44. The minimum Gasteiger partial charge on any atom is -0.383 e. The fourth-order valence-corrected chi connectivity index (χ4v) is 2.36. The number of rotatable bonds is 4. The monoisotopic (exact) mass is 263 g/mol. The van der Waals surface area contributed by atoms with Crippen molar-refractivity contribution >= 4 is 34.9 Å². The van der Waals surface area contributed by atoms with Crippen molar-refractivity contribution in [3.63, 3.8) is 0 Å². The van der Waals surface area contributed by atoms with E-state index in [1.165, 1.54) is 11.9 Å². The Balaban J connectivity index is 2.29. The quantitative estimate of drug-likeness (QED) is 0.819. The van der Waals surface area contributed by atoms with Crippen molar-refractivity contribution in [2.75, 3.05) is 5.32 Å². The summed E-state index contributed by atoms with van der Waals surface area (Å²) in [5.41, 5.74) is 1.87. The van der Waals surface area contributed by atoms with Crippen molar-refractivity contribution in [2.24, 2.45) is 4.99 Å². The minimum atomic E-state index is 0.0374. The SMILES string of the molecule is CCC(=O)C1=Nc2cc(NC(C)C)ccc2SN1. The minimum absolute atomic E-state index is 0.0374. The summed E-state index contributed by atoms with van der Waals surface area (Å²) in [5.74, 6) is 0.479. The largest absolute Gasteiger partial charge is 0.383 e. The maximum Gasteiger partial charge on any atom is 0.198 e.